The largest absolute Gasteiger partial charge is 0.472 e. The van der Waals surface area contributed by atoms with Gasteiger partial charge in [0.05, 0.1) is 33.8 Å². The van der Waals surface area contributed by atoms with Crippen molar-refractivity contribution in [1.82, 2.24) is 5.32 Å². The van der Waals surface area contributed by atoms with Crippen molar-refractivity contribution in [3.05, 3.63) is 122 Å². The summed E-state index contributed by atoms with van der Waals surface area (Å²) in [6.07, 6.45) is 93.5. The normalized spacial score (nSPS) is 14.2. The number of unbranched alkanes of at least 4 members (excludes halogenated alkanes) is 31. The van der Waals surface area contributed by atoms with Gasteiger partial charge in [-0.15, -0.1) is 0 Å². The molecular formula is C78H138N2O7P+. The molecule has 0 aliphatic carbocycles. The molecule has 0 rings (SSSR count). The topological polar surface area (TPSA) is 111 Å². The minimum absolute atomic E-state index is 0.0319. The molecule has 0 aliphatic heterocycles. The van der Waals surface area contributed by atoms with Crippen LogP contribution >= 0.6 is 7.82 Å². The molecule has 9 nitrogen and oxygen atoms in total. The summed E-state index contributed by atoms with van der Waals surface area (Å²) >= 11 is 0. The highest BCUT2D eigenvalue weighted by atomic mass is 31.2. The van der Waals surface area contributed by atoms with Gasteiger partial charge < -0.3 is 19.4 Å². The first-order valence-electron chi connectivity index (χ1n) is 36.4. The van der Waals surface area contributed by atoms with Crippen molar-refractivity contribution < 1.29 is 37.3 Å². The van der Waals surface area contributed by atoms with Gasteiger partial charge >= 0.3 is 13.8 Å². The number of allylic oxidation sites excluding steroid dienone is 19. The maximum atomic E-state index is 13.6. The van der Waals surface area contributed by atoms with E-state index in [4.69, 9.17) is 13.8 Å². The second-order valence-electron chi connectivity index (χ2n) is 25.4. The molecule has 0 heterocycles. The third kappa shape index (κ3) is 66.8. The van der Waals surface area contributed by atoms with E-state index in [1.807, 2.05) is 33.3 Å². The van der Waals surface area contributed by atoms with E-state index in [0.717, 1.165) is 135 Å². The predicted molar refractivity (Wildman–Crippen MR) is 383 cm³/mol. The molecule has 1 amide bonds. The van der Waals surface area contributed by atoms with Crippen LogP contribution in [-0.4, -0.2) is 74.3 Å². The van der Waals surface area contributed by atoms with Crippen LogP contribution in [0.2, 0.25) is 0 Å². The van der Waals surface area contributed by atoms with Gasteiger partial charge in [-0.3, -0.25) is 18.6 Å². The van der Waals surface area contributed by atoms with Crippen LogP contribution in [0, 0.1) is 0 Å². The van der Waals surface area contributed by atoms with Gasteiger partial charge in [0.15, 0.2) is 0 Å². The minimum Gasteiger partial charge on any atom is -0.456 e. The van der Waals surface area contributed by atoms with E-state index in [9.17, 15) is 19.0 Å². The quantitative estimate of drug-likeness (QED) is 0.0205. The smallest absolute Gasteiger partial charge is 0.456 e. The van der Waals surface area contributed by atoms with E-state index in [-0.39, 0.29) is 31.5 Å². The lowest BCUT2D eigenvalue weighted by molar-refractivity contribution is -0.870. The van der Waals surface area contributed by atoms with Gasteiger partial charge in [0.2, 0.25) is 5.91 Å². The van der Waals surface area contributed by atoms with E-state index in [1.165, 1.54) is 141 Å². The molecule has 506 valence electrons. The summed E-state index contributed by atoms with van der Waals surface area (Å²) in [4.78, 5) is 37.9. The van der Waals surface area contributed by atoms with Crippen LogP contribution in [0.3, 0.4) is 0 Å². The average Bonchev–Trinajstić information content (AvgIpc) is 3.52. The molecule has 3 unspecified atom stereocenters. The lowest BCUT2D eigenvalue weighted by Gasteiger charge is -2.27. The Balaban J connectivity index is 5.10. The van der Waals surface area contributed by atoms with Gasteiger partial charge in [0.25, 0.3) is 0 Å². The highest BCUT2D eigenvalue weighted by molar-refractivity contribution is 7.47. The number of amides is 1. The van der Waals surface area contributed by atoms with Crippen molar-refractivity contribution in [2.75, 3.05) is 40.9 Å². The Hall–Kier alpha value is -3.59. The molecule has 0 aromatic carbocycles. The number of carbonyl (C=O) groups excluding carboxylic acids is 2. The van der Waals surface area contributed by atoms with Crippen molar-refractivity contribution in [3.8, 4) is 0 Å². The van der Waals surface area contributed by atoms with Gasteiger partial charge in [-0.1, -0.05) is 297 Å². The van der Waals surface area contributed by atoms with Crippen molar-refractivity contribution >= 4 is 19.7 Å². The first kappa shape index (κ1) is 84.4. The summed E-state index contributed by atoms with van der Waals surface area (Å²) in [5, 5.41) is 3.07. The molecule has 0 saturated heterocycles. The maximum Gasteiger partial charge on any atom is 0.472 e. The number of esters is 1. The van der Waals surface area contributed by atoms with E-state index < -0.39 is 20.0 Å². The summed E-state index contributed by atoms with van der Waals surface area (Å²) in [5.74, 6) is -0.524. The lowest BCUT2D eigenvalue weighted by atomic mass is 10.0. The molecule has 0 saturated carbocycles. The van der Waals surface area contributed by atoms with Crippen LogP contribution in [-0.2, 0) is 27.9 Å². The third-order valence-electron chi connectivity index (χ3n) is 15.6. The number of phosphoric ester groups is 1. The van der Waals surface area contributed by atoms with Gasteiger partial charge in [-0.05, 0) is 122 Å². The number of hydrogen-bond donors (Lipinski definition) is 2. The number of quaternary nitrogens is 1. The summed E-state index contributed by atoms with van der Waals surface area (Å²) in [6.45, 7) is 6.87. The van der Waals surface area contributed by atoms with E-state index in [0.29, 0.717) is 17.4 Å². The summed E-state index contributed by atoms with van der Waals surface area (Å²) in [7, 11) is 1.48. The Morgan fingerprint density at radius 1 is 0.409 bits per heavy atom. The Morgan fingerprint density at radius 2 is 0.727 bits per heavy atom. The van der Waals surface area contributed by atoms with Crippen LogP contribution in [0.1, 0.15) is 310 Å². The molecule has 0 aromatic heterocycles. The molecule has 0 aromatic rings. The SMILES string of the molecule is CC/C=C\C/C=C\C/C=C\C/C=C\C/C=C\C/C=C\CCCCCCCCC(=O)OC(/C=C/CCCCCCCCCCCC)C(COP(=O)(O)OCC[N+](C)(C)C)NC(=O)CCCCCCCCCCCCCC/C=C\C/C=C\C/C=C\CCCCC. The van der Waals surface area contributed by atoms with E-state index >= 15 is 0 Å². The van der Waals surface area contributed by atoms with Gasteiger partial charge in [-0.25, -0.2) is 4.57 Å². The zero-order valence-corrected chi connectivity index (χ0v) is 58.8. The van der Waals surface area contributed by atoms with E-state index in [1.54, 1.807) is 0 Å². The number of hydrogen-bond acceptors (Lipinski definition) is 6. The van der Waals surface area contributed by atoms with Crippen molar-refractivity contribution in [1.29, 1.82) is 0 Å². The van der Waals surface area contributed by atoms with E-state index in [2.05, 4.69) is 135 Å². The van der Waals surface area contributed by atoms with Crippen LogP contribution < -0.4 is 5.32 Å². The molecule has 88 heavy (non-hydrogen) atoms. The Labute approximate surface area is 543 Å². The number of carbonyl (C=O) groups is 2. The van der Waals surface area contributed by atoms with Crippen LogP contribution in [0.15, 0.2) is 122 Å². The maximum absolute atomic E-state index is 13.6. The molecular weight excluding hydrogens is 1110 g/mol. The molecule has 3 atom stereocenters. The molecule has 10 heteroatoms. The highest BCUT2D eigenvalue weighted by Gasteiger charge is 2.30. The van der Waals surface area contributed by atoms with Crippen LogP contribution in [0.4, 0.5) is 0 Å². The minimum atomic E-state index is -4.47. The summed E-state index contributed by atoms with van der Waals surface area (Å²) < 4.78 is 30.8. The number of phosphoric acid groups is 1. The van der Waals surface area contributed by atoms with Crippen molar-refractivity contribution in [2.24, 2.45) is 0 Å². The van der Waals surface area contributed by atoms with Crippen molar-refractivity contribution in [3.63, 3.8) is 0 Å². The number of nitrogens with one attached hydrogen (secondary N) is 1. The molecule has 0 fully saturated rings. The third-order valence-corrected chi connectivity index (χ3v) is 16.6. The molecule has 0 bridgehead atoms. The number of likely N-dealkylation sites (N-methyl/N-ethyl adjacent to an activating group) is 1. The monoisotopic (exact) mass is 1250 g/mol. The second-order valence-corrected chi connectivity index (χ2v) is 26.8. The van der Waals surface area contributed by atoms with Crippen LogP contribution in [0.25, 0.3) is 0 Å². The molecule has 0 radical (unpaired) electrons. The fourth-order valence-electron chi connectivity index (χ4n) is 10.1. The van der Waals surface area contributed by atoms with Gasteiger partial charge in [0.1, 0.15) is 19.3 Å². The molecule has 0 aliphatic rings. The number of ether oxygens (including phenoxy) is 1. The Morgan fingerprint density at radius 3 is 1.11 bits per heavy atom. The number of rotatable bonds is 65. The second kappa shape index (κ2) is 66.3. The zero-order valence-electron chi connectivity index (χ0n) is 57.9. The standard InChI is InChI=1S/C78H137N2O7P/c1-7-10-13-16-19-22-25-28-30-32-34-36-38-40-42-44-46-48-50-52-55-58-61-64-67-70-77(81)79-75(74-86-88(83,84)85-73-72-80(4,5)6)76(69-66-63-60-57-54-27-24-21-18-15-12-9-3)87-78(82)71-68-65-62-59-56-53-51-49-47-45-43-41-39-37-35-33-31-29-26-23-20-17-14-11-8-2/h11,14,19-20,22-23,28-31,34-37,41,43,47,49,66,69,75-76H,7-10,12-13,15-18,21,24-27,32-33,38-40,42,44-46,48,50-65,67-68,70-74H2,1-6H3,(H-,79,81,83,84)/p+1/b14-11-,22-19-,23-20-,30-28-,31-29-,36-34-,37-35-,43-41-,49-47-,69-66+. The lowest BCUT2D eigenvalue weighted by Crippen LogP contribution is -2.47. The van der Waals surface area contributed by atoms with Crippen LogP contribution in [0.5, 0.6) is 0 Å². The highest BCUT2D eigenvalue weighted by Crippen LogP contribution is 2.43. The van der Waals surface area contributed by atoms with Gasteiger partial charge in [-0.2, -0.15) is 0 Å². The Kier molecular flexibility index (Phi) is 63.6. The fourth-order valence-corrected chi connectivity index (χ4v) is 10.8. The first-order valence-corrected chi connectivity index (χ1v) is 37.9. The van der Waals surface area contributed by atoms with Gasteiger partial charge in [0, 0.05) is 12.8 Å². The number of nitrogens with zero attached hydrogens (tertiary/aromatic N) is 1. The predicted octanol–water partition coefficient (Wildman–Crippen LogP) is 23.4. The zero-order chi connectivity index (χ0) is 64.2. The molecule has 2 N–H and O–H groups in total. The average molecular weight is 1250 g/mol. The fraction of sp³-hybridized carbons (Fsp3) is 0.718. The summed E-state index contributed by atoms with van der Waals surface area (Å²) in [5.41, 5.74) is 0. The Bertz CT molecular complexity index is 1920. The molecule has 0 spiro atoms. The summed E-state index contributed by atoms with van der Waals surface area (Å²) in [6, 6.07) is -0.865. The van der Waals surface area contributed by atoms with Crippen molar-refractivity contribution in [2.45, 2.75) is 322 Å². The first-order chi connectivity index (χ1) is 42.9.